The number of hydrogen-bond acceptors (Lipinski definition) is 6. The van der Waals surface area contributed by atoms with Crippen LogP contribution in [-0.2, 0) is 6.54 Å². The van der Waals surface area contributed by atoms with Gasteiger partial charge < -0.3 is 10.7 Å². The summed E-state index contributed by atoms with van der Waals surface area (Å²) in [6.07, 6.45) is 1.76. The first-order valence-corrected chi connectivity index (χ1v) is 7.42. The lowest BCUT2D eigenvalue weighted by molar-refractivity contribution is 0.625. The monoisotopic (exact) mass is 304 g/mol. The summed E-state index contributed by atoms with van der Waals surface area (Å²) >= 11 is 1.53. The van der Waals surface area contributed by atoms with Crippen LogP contribution in [0.15, 0.2) is 11.0 Å². The molecule has 3 aromatic heterocycles. The molecule has 0 spiro atoms. The lowest BCUT2D eigenvalue weighted by Crippen LogP contribution is -2.14. The summed E-state index contributed by atoms with van der Waals surface area (Å²) in [7, 11) is 0. The van der Waals surface area contributed by atoms with Gasteiger partial charge in [-0.3, -0.25) is 4.79 Å². The molecule has 0 saturated carbocycles. The van der Waals surface area contributed by atoms with Crippen molar-refractivity contribution < 1.29 is 0 Å². The summed E-state index contributed by atoms with van der Waals surface area (Å²) in [6, 6.07) is -0.171. The normalized spacial score (nSPS) is 13.0. The van der Waals surface area contributed by atoms with E-state index in [0.717, 1.165) is 15.3 Å². The molecule has 0 saturated heterocycles. The van der Waals surface area contributed by atoms with Crippen molar-refractivity contribution in [3.8, 4) is 0 Å². The lowest BCUT2D eigenvalue weighted by atomic mass is 10.2. The van der Waals surface area contributed by atoms with Crippen LogP contribution in [0.2, 0.25) is 0 Å². The van der Waals surface area contributed by atoms with E-state index >= 15 is 0 Å². The number of H-pyrrole nitrogens is 1. The molecule has 21 heavy (non-hydrogen) atoms. The fourth-order valence-electron chi connectivity index (χ4n) is 2.13. The standard InChI is InChI=1S/C13H16N6OS/c1-6-8(3)21-13-11(6)12(20)15-10(16-13)5-19-4-9(7(2)14)17-18-19/h4,7H,5,14H2,1-3H3,(H,15,16,20). The van der Waals surface area contributed by atoms with Crippen molar-refractivity contribution >= 4 is 21.6 Å². The number of fused-ring (bicyclic) bond motifs is 1. The van der Waals surface area contributed by atoms with Gasteiger partial charge in [-0.15, -0.1) is 16.4 Å². The quantitative estimate of drug-likeness (QED) is 0.758. The number of nitrogens with zero attached hydrogens (tertiary/aromatic N) is 4. The van der Waals surface area contributed by atoms with Gasteiger partial charge in [-0.05, 0) is 26.3 Å². The number of hydrogen-bond donors (Lipinski definition) is 2. The van der Waals surface area contributed by atoms with Crippen molar-refractivity contribution in [1.82, 2.24) is 25.0 Å². The zero-order valence-electron chi connectivity index (χ0n) is 12.0. The Morgan fingerprint density at radius 2 is 2.24 bits per heavy atom. The topological polar surface area (TPSA) is 102 Å². The Kier molecular flexibility index (Phi) is 3.34. The zero-order chi connectivity index (χ0) is 15.1. The maximum Gasteiger partial charge on any atom is 0.259 e. The second-order valence-electron chi connectivity index (χ2n) is 5.11. The molecule has 0 aliphatic rings. The molecule has 110 valence electrons. The molecule has 3 heterocycles. The van der Waals surface area contributed by atoms with Crippen molar-refractivity contribution in [2.75, 3.05) is 0 Å². The molecule has 0 aliphatic heterocycles. The summed E-state index contributed by atoms with van der Waals surface area (Å²) < 4.78 is 1.62. The van der Waals surface area contributed by atoms with Crippen LogP contribution in [0.1, 0.15) is 34.9 Å². The average Bonchev–Trinajstić information content (AvgIpc) is 2.96. The maximum atomic E-state index is 12.2. The van der Waals surface area contributed by atoms with E-state index in [0.29, 0.717) is 23.4 Å². The molecule has 3 rings (SSSR count). The summed E-state index contributed by atoms with van der Waals surface area (Å²) in [5, 5.41) is 8.66. The summed E-state index contributed by atoms with van der Waals surface area (Å²) in [6.45, 7) is 6.14. The fraction of sp³-hybridized carbons (Fsp3) is 0.385. The van der Waals surface area contributed by atoms with Gasteiger partial charge in [-0.25, -0.2) is 9.67 Å². The van der Waals surface area contributed by atoms with Gasteiger partial charge in [0.15, 0.2) is 0 Å². The van der Waals surface area contributed by atoms with Crippen LogP contribution in [0, 0.1) is 13.8 Å². The molecule has 0 aliphatic carbocycles. The highest BCUT2D eigenvalue weighted by Gasteiger charge is 2.12. The SMILES string of the molecule is Cc1sc2nc(Cn3cc(C(C)N)nn3)[nH]c(=O)c2c1C. The van der Waals surface area contributed by atoms with Crippen molar-refractivity contribution in [3.05, 3.63) is 38.5 Å². The highest BCUT2D eigenvalue weighted by molar-refractivity contribution is 7.18. The molecular formula is C13H16N6OS. The number of aryl methyl sites for hydroxylation is 2. The molecule has 1 atom stereocenters. The number of aromatic amines is 1. The predicted molar refractivity (Wildman–Crippen MR) is 81.4 cm³/mol. The van der Waals surface area contributed by atoms with Crippen LogP contribution in [-0.4, -0.2) is 25.0 Å². The van der Waals surface area contributed by atoms with Crippen LogP contribution in [0.4, 0.5) is 0 Å². The molecule has 0 radical (unpaired) electrons. The highest BCUT2D eigenvalue weighted by atomic mass is 32.1. The smallest absolute Gasteiger partial charge is 0.259 e. The first-order valence-electron chi connectivity index (χ1n) is 6.60. The Bertz CT molecular complexity index is 859. The minimum absolute atomic E-state index is 0.107. The van der Waals surface area contributed by atoms with E-state index in [4.69, 9.17) is 5.73 Å². The molecule has 0 amide bonds. The number of nitrogens with one attached hydrogen (secondary N) is 1. The molecule has 1 unspecified atom stereocenters. The van der Waals surface area contributed by atoms with Gasteiger partial charge in [-0.1, -0.05) is 5.21 Å². The number of rotatable bonds is 3. The van der Waals surface area contributed by atoms with E-state index < -0.39 is 0 Å². The van der Waals surface area contributed by atoms with Crippen LogP contribution >= 0.6 is 11.3 Å². The predicted octanol–water partition coefficient (Wildman–Crippen LogP) is 1.26. The summed E-state index contributed by atoms with van der Waals surface area (Å²) in [5.74, 6) is 0.565. The first kappa shape index (κ1) is 13.9. The number of nitrogens with two attached hydrogens (primary N) is 1. The number of thiophene rings is 1. The fourth-order valence-corrected chi connectivity index (χ4v) is 3.18. The van der Waals surface area contributed by atoms with Crippen molar-refractivity contribution in [2.45, 2.75) is 33.4 Å². The summed E-state index contributed by atoms with van der Waals surface area (Å²) in [4.78, 5) is 21.4. The molecule has 0 fully saturated rings. The van der Waals surface area contributed by atoms with Crippen LogP contribution < -0.4 is 11.3 Å². The van der Waals surface area contributed by atoms with E-state index in [9.17, 15) is 4.79 Å². The van der Waals surface area contributed by atoms with Crippen LogP contribution in [0.25, 0.3) is 10.2 Å². The minimum atomic E-state index is -0.171. The van der Waals surface area contributed by atoms with Crippen molar-refractivity contribution in [1.29, 1.82) is 0 Å². The molecule has 3 N–H and O–H groups in total. The molecule has 8 heteroatoms. The van der Waals surface area contributed by atoms with Gasteiger partial charge in [0.1, 0.15) is 17.2 Å². The van der Waals surface area contributed by atoms with E-state index in [2.05, 4.69) is 20.3 Å². The molecule has 3 aromatic rings. The third kappa shape index (κ3) is 2.47. The highest BCUT2D eigenvalue weighted by Crippen LogP contribution is 2.25. The zero-order valence-corrected chi connectivity index (χ0v) is 12.9. The van der Waals surface area contributed by atoms with Crippen LogP contribution in [0.5, 0.6) is 0 Å². The molecule has 0 bridgehead atoms. The van der Waals surface area contributed by atoms with Gasteiger partial charge in [0.2, 0.25) is 0 Å². The average molecular weight is 304 g/mol. The largest absolute Gasteiger partial charge is 0.323 e. The van der Waals surface area contributed by atoms with E-state index in [1.165, 1.54) is 11.3 Å². The Labute approximate surface area is 124 Å². The Hall–Kier alpha value is -2.06. The first-order chi connectivity index (χ1) is 9.95. The van der Waals surface area contributed by atoms with Gasteiger partial charge in [0, 0.05) is 10.9 Å². The Balaban J connectivity index is 1.99. The van der Waals surface area contributed by atoms with Gasteiger partial charge >= 0.3 is 0 Å². The van der Waals surface area contributed by atoms with Crippen molar-refractivity contribution in [2.24, 2.45) is 5.73 Å². The number of aromatic nitrogens is 5. The van der Waals surface area contributed by atoms with E-state index in [1.54, 1.807) is 10.9 Å². The molecule has 7 nitrogen and oxygen atoms in total. The molecule has 0 aromatic carbocycles. The summed E-state index contributed by atoms with van der Waals surface area (Å²) in [5.41, 5.74) is 7.35. The minimum Gasteiger partial charge on any atom is -0.323 e. The lowest BCUT2D eigenvalue weighted by Gasteiger charge is -2.01. The van der Waals surface area contributed by atoms with Crippen molar-refractivity contribution in [3.63, 3.8) is 0 Å². The second-order valence-corrected chi connectivity index (χ2v) is 6.31. The van der Waals surface area contributed by atoms with E-state index in [-0.39, 0.29) is 11.6 Å². The van der Waals surface area contributed by atoms with Gasteiger partial charge in [-0.2, -0.15) is 0 Å². The van der Waals surface area contributed by atoms with Gasteiger partial charge in [0.05, 0.1) is 17.3 Å². The van der Waals surface area contributed by atoms with Gasteiger partial charge in [0.25, 0.3) is 5.56 Å². The molecular weight excluding hydrogens is 288 g/mol. The Morgan fingerprint density at radius 3 is 2.90 bits per heavy atom. The maximum absolute atomic E-state index is 12.2. The van der Waals surface area contributed by atoms with Crippen LogP contribution in [0.3, 0.4) is 0 Å². The third-order valence-corrected chi connectivity index (χ3v) is 4.52. The Morgan fingerprint density at radius 1 is 1.48 bits per heavy atom. The second kappa shape index (κ2) is 5.05. The van der Waals surface area contributed by atoms with E-state index in [1.807, 2.05) is 20.8 Å². The third-order valence-electron chi connectivity index (χ3n) is 3.42.